The average molecular weight is 529 g/mol. The molecule has 9 heteroatoms. The van der Waals surface area contributed by atoms with Crippen LogP contribution in [-0.2, 0) is 17.9 Å². The highest BCUT2D eigenvalue weighted by molar-refractivity contribution is 9.10. The Hall–Kier alpha value is -2.91. The Morgan fingerprint density at radius 1 is 1.18 bits per heavy atom. The van der Waals surface area contributed by atoms with E-state index in [1.165, 1.54) is 29.3 Å². The molecular formula is C24H22BrFN4O2S. The van der Waals surface area contributed by atoms with E-state index >= 15 is 0 Å². The van der Waals surface area contributed by atoms with E-state index in [0.29, 0.717) is 22.0 Å². The van der Waals surface area contributed by atoms with Gasteiger partial charge in [0.05, 0.1) is 11.4 Å². The molecule has 1 N–H and O–H groups in total. The molecule has 0 aliphatic rings. The number of carbonyl (C=O) groups is 1. The third-order valence-electron chi connectivity index (χ3n) is 5.15. The number of amides is 1. The SMILES string of the molecule is CCn1c(COc2ccc3ccccc3c2C)nnc1SCC(=O)Nc1ccc(Br)cc1F. The van der Waals surface area contributed by atoms with Crippen LogP contribution in [-0.4, -0.2) is 26.4 Å². The number of hydrogen-bond acceptors (Lipinski definition) is 5. The number of hydrogen-bond donors (Lipinski definition) is 1. The number of aryl methyl sites for hydroxylation is 1. The van der Waals surface area contributed by atoms with Gasteiger partial charge in [0.2, 0.25) is 5.91 Å². The molecule has 1 heterocycles. The number of aromatic nitrogens is 3. The Morgan fingerprint density at radius 3 is 2.79 bits per heavy atom. The monoisotopic (exact) mass is 528 g/mol. The van der Waals surface area contributed by atoms with Crippen molar-refractivity contribution in [2.75, 3.05) is 11.1 Å². The van der Waals surface area contributed by atoms with E-state index in [2.05, 4.69) is 43.6 Å². The van der Waals surface area contributed by atoms with Crippen molar-refractivity contribution in [3.05, 3.63) is 76.3 Å². The molecule has 0 spiro atoms. The molecule has 0 atom stereocenters. The Balaban J connectivity index is 1.40. The van der Waals surface area contributed by atoms with E-state index in [1.807, 2.05) is 42.7 Å². The first kappa shape index (κ1) is 23.3. The smallest absolute Gasteiger partial charge is 0.234 e. The number of anilines is 1. The Morgan fingerprint density at radius 2 is 2.00 bits per heavy atom. The van der Waals surface area contributed by atoms with Crippen molar-refractivity contribution >= 4 is 50.1 Å². The van der Waals surface area contributed by atoms with Gasteiger partial charge >= 0.3 is 0 Å². The second-order valence-electron chi connectivity index (χ2n) is 7.30. The first-order chi connectivity index (χ1) is 16.0. The van der Waals surface area contributed by atoms with Gasteiger partial charge in [0.25, 0.3) is 0 Å². The van der Waals surface area contributed by atoms with Crippen LogP contribution in [0.1, 0.15) is 18.3 Å². The van der Waals surface area contributed by atoms with Crippen molar-refractivity contribution in [3.63, 3.8) is 0 Å². The van der Waals surface area contributed by atoms with Crippen LogP contribution in [0.2, 0.25) is 0 Å². The fourth-order valence-electron chi connectivity index (χ4n) is 3.46. The van der Waals surface area contributed by atoms with Crippen LogP contribution in [0.3, 0.4) is 0 Å². The molecule has 0 aliphatic carbocycles. The van der Waals surface area contributed by atoms with Crippen molar-refractivity contribution in [1.82, 2.24) is 14.8 Å². The quantitative estimate of drug-likeness (QED) is 0.285. The van der Waals surface area contributed by atoms with Crippen LogP contribution < -0.4 is 10.1 Å². The molecule has 1 amide bonds. The van der Waals surface area contributed by atoms with Crippen LogP contribution in [0, 0.1) is 12.7 Å². The maximum absolute atomic E-state index is 13.9. The number of halogens is 2. The summed E-state index contributed by atoms with van der Waals surface area (Å²) in [5, 5.41) is 14.0. The van der Waals surface area contributed by atoms with Crippen molar-refractivity contribution < 1.29 is 13.9 Å². The summed E-state index contributed by atoms with van der Waals surface area (Å²) < 4.78 is 22.5. The first-order valence-electron chi connectivity index (χ1n) is 10.4. The number of fused-ring (bicyclic) bond motifs is 1. The third kappa shape index (κ3) is 5.36. The summed E-state index contributed by atoms with van der Waals surface area (Å²) in [5.74, 6) is 0.730. The molecule has 170 valence electrons. The predicted molar refractivity (Wildman–Crippen MR) is 132 cm³/mol. The minimum atomic E-state index is -0.497. The Bertz CT molecular complexity index is 1310. The van der Waals surface area contributed by atoms with E-state index in [4.69, 9.17) is 4.74 Å². The van der Waals surface area contributed by atoms with Crippen molar-refractivity contribution in [2.45, 2.75) is 32.2 Å². The van der Waals surface area contributed by atoms with E-state index in [1.54, 1.807) is 6.07 Å². The summed E-state index contributed by atoms with van der Waals surface area (Å²) in [6.45, 7) is 4.91. The molecule has 4 rings (SSSR count). The standard InChI is InChI=1S/C24H22BrFN4O2S/c1-3-30-22(13-32-21-11-8-16-6-4-5-7-18(16)15(21)2)28-29-24(30)33-14-23(31)27-20-10-9-17(25)12-19(20)26/h4-12H,3,13-14H2,1-2H3,(H,27,31). The highest BCUT2D eigenvalue weighted by atomic mass is 79.9. The molecule has 6 nitrogen and oxygen atoms in total. The maximum Gasteiger partial charge on any atom is 0.234 e. The van der Waals surface area contributed by atoms with Gasteiger partial charge in [-0.2, -0.15) is 0 Å². The number of rotatable bonds is 8. The highest BCUT2D eigenvalue weighted by Gasteiger charge is 2.15. The molecule has 0 aliphatic heterocycles. The van der Waals surface area contributed by atoms with E-state index < -0.39 is 5.82 Å². The van der Waals surface area contributed by atoms with Crippen LogP contribution >= 0.6 is 27.7 Å². The molecule has 0 saturated carbocycles. The topological polar surface area (TPSA) is 69.0 Å². The second-order valence-corrected chi connectivity index (χ2v) is 9.16. The molecule has 0 bridgehead atoms. The fourth-order valence-corrected chi connectivity index (χ4v) is 4.62. The van der Waals surface area contributed by atoms with Gasteiger partial charge in [0, 0.05) is 11.0 Å². The van der Waals surface area contributed by atoms with Crippen molar-refractivity contribution in [2.24, 2.45) is 0 Å². The number of nitrogens with one attached hydrogen (secondary N) is 1. The summed E-state index contributed by atoms with van der Waals surface area (Å²) in [6, 6.07) is 16.7. The molecular weight excluding hydrogens is 507 g/mol. The van der Waals surface area contributed by atoms with E-state index in [-0.39, 0.29) is 24.0 Å². The van der Waals surface area contributed by atoms with Gasteiger partial charge < -0.3 is 14.6 Å². The number of benzene rings is 3. The van der Waals surface area contributed by atoms with Crippen LogP contribution in [0.5, 0.6) is 5.75 Å². The van der Waals surface area contributed by atoms with Crippen LogP contribution in [0.25, 0.3) is 10.8 Å². The zero-order valence-electron chi connectivity index (χ0n) is 18.1. The number of carbonyl (C=O) groups excluding carboxylic acids is 1. The first-order valence-corrected chi connectivity index (χ1v) is 12.1. The second kappa shape index (κ2) is 10.4. The van der Waals surface area contributed by atoms with Gasteiger partial charge in [-0.1, -0.05) is 58.0 Å². The zero-order chi connectivity index (χ0) is 23.4. The van der Waals surface area contributed by atoms with Gasteiger partial charge in [-0.05, 0) is 54.4 Å². The lowest BCUT2D eigenvalue weighted by Crippen LogP contribution is -2.15. The lowest BCUT2D eigenvalue weighted by atomic mass is 10.0. The van der Waals surface area contributed by atoms with Crippen molar-refractivity contribution in [1.29, 1.82) is 0 Å². The van der Waals surface area contributed by atoms with Gasteiger partial charge in [0.15, 0.2) is 11.0 Å². The molecule has 1 aromatic heterocycles. The maximum atomic E-state index is 13.9. The molecule has 0 fully saturated rings. The number of nitrogens with zero attached hydrogens (tertiary/aromatic N) is 3. The van der Waals surface area contributed by atoms with Gasteiger partial charge in [-0.25, -0.2) is 4.39 Å². The minimum absolute atomic E-state index is 0.0816. The van der Waals surface area contributed by atoms with Gasteiger partial charge in [-0.15, -0.1) is 10.2 Å². The van der Waals surface area contributed by atoms with E-state index in [0.717, 1.165) is 16.7 Å². The van der Waals surface area contributed by atoms with Crippen LogP contribution in [0.4, 0.5) is 10.1 Å². The number of thioether (sulfide) groups is 1. The normalized spacial score (nSPS) is 11.0. The molecule has 3 aromatic carbocycles. The van der Waals surface area contributed by atoms with E-state index in [9.17, 15) is 9.18 Å². The summed E-state index contributed by atoms with van der Waals surface area (Å²) in [5.41, 5.74) is 1.21. The third-order valence-corrected chi connectivity index (χ3v) is 6.61. The summed E-state index contributed by atoms with van der Waals surface area (Å²) in [7, 11) is 0. The Kier molecular flexibility index (Phi) is 7.29. The highest BCUT2D eigenvalue weighted by Crippen LogP contribution is 2.28. The lowest BCUT2D eigenvalue weighted by Gasteiger charge is -2.12. The summed E-state index contributed by atoms with van der Waals surface area (Å²) in [6.07, 6.45) is 0. The van der Waals surface area contributed by atoms with Crippen LogP contribution in [0.15, 0.2) is 64.2 Å². The average Bonchev–Trinajstić information content (AvgIpc) is 3.21. The predicted octanol–water partition coefficient (Wildman–Crippen LogP) is 5.97. The summed E-state index contributed by atoms with van der Waals surface area (Å²) in [4.78, 5) is 12.3. The lowest BCUT2D eigenvalue weighted by molar-refractivity contribution is -0.113. The number of ether oxygens (including phenoxy) is 1. The molecule has 0 unspecified atom stereocenters. The van der Waals surface area contributed by atoms with Gasteiger partial charge in [-0.3, -0.25) is 4.79 Å². The minimum Gasteiger partial charge on any atom is -0.485 e. The fraction of sp³-hybridized carbons (Fsp3) is 0.208. The molecule has 0 saturated heterocycles. The zero-order valence-corrected chi connectivity index (χ0v) is 20.5. The van der Waals surface area contributed by atoms with Gasteiger partial charge in [0.1, 0.15) is 18.2 Å². The molecule has 33 heavy (non-hydrogen) atoms. The Labute approximate surface area is 203 Å². The molecule has 0 radical (unpaired) electrons. The largest absolute Gasteiger partial charge is 0.485 e. The molecule has 4 aromatic rings. The van der Waals surface area contributed by atoms with Crippen molar-refractivity contribution in [3.8, 4) is 5.75 Å². The summed E-state index contributed by atoms with van der Waals surface area (Å²) >= 11 is 4.44.